The molecule has 6 heteroatoms. The molecule has 0 bridgehead atoms. The van der Waals surface area contributed by atoms with E-state index in [0.717, 1.165) is 12.8 Å². The maximum atomic E-state index is 10.2. The molecule has 0 aliphatic rings. The molecule has 5 nitrogen and oxygen atoms in total. The van der Waals surface area contributed by atoms with Gasteiger partial charge in [-0.3, -0.25) is 4.55 Å². The number of hydrogen-bond donors (Lipinski definition) is 2. The van der Waals surface area contributed by atoms with Crippen molar-refractivity contribution in [2.24, 2.45) is 5.92 Å². The van der Waals surface area contributed by atoms with E-state index in [1.165, 1.54) is 5.57 Å². The van der Waals surface area contributed by atoms with E-state index < -0.39 is 10.4 Å². The van der Waals surface area contributed by atoms with Crippen LogP contribution in [0, 0.1) is 5.92 Å². The average Bonchev–Trinajstić information content (AvgIpc) is 2.27. The molecular weight excluding hydrogens is 278 g/mol. The van der Waals surface area contributed by atoms with Crippen LogP contribution in [0.25, 0.3) is 0 Å². The number of allylic oxidation sites excluding steroid dienone is 3. The molecule has 120 valence electrons. The van der Waals surface area contributed by atoms with E-state index in [1.54, 1.807) is 0 Å². The van der Waals surface area contributed by atoms with Crippen molar-refractivity contribution in [1.82, 2.24) is 5.32 Å². The highest BCUT2D eigenvalue weighted by Gasteiger charge is 2.01. The van der Waals surface area contributed by atoms with Crippen molar-refractivity contribution in [2.45, 2.75) is 40.0 Å². The minimum absolute atomic E-state index is 0.0178. The Morgan fingerprint density at radius 2 is 1.85 bits per heavy atom. The van der Waals surface area contributed by atoms with Crippen molar-refractivity contribution >= 4 is 10.4 Å². The van der Waals surface area contributed by atoms with Crippen molar-refractivity contribution in [3.63, 3.8) is 0 Å². The van der Waals surface area contributed by atoms with Gasteiger partial charge >= 0.3 is 10.4 Å². The van der Waals surface area contributed by atoms with Gasteiger partial charge in [0.1, 0.15) is 0 Å². The smallest absolute Gasteiger partial charge is 0.323 e. The summed E-state index contributed by atoms with van der Waals surface area (Å²) in [6.07, 6.45) is 8.71. The Bertz CT molecular complexity index is 371. The SMILES string of the molecule is CC(C)=CCC[C@@H](C)/C=C/CCOS(=O)(=O)O.CNC. The molecule has 0 aliphatic heterocycles. The summed E-state index contributed by atoms with van der Waals surface area (Å²) in [5, 5.41) is 2.75. The first kappa shape index (κ1) is 21.6. The molecule has 0 rings (SSSR count). The summed E-state index contributed by atoms with van der Waals surface area (Å²) in [5.41, 5.74) is 1.32. The van der Waals surface area contributed by atoms with Crippen LogP contribution in [0.3, 0.4) is 0 Å². The van der Waals surface area contributed by atoms with Gasteiger partial charge in [0.25, 0.3) is 0 Å². The highest BCUT2D eigenvalue weighted by molar-refractivity contribution is 7.80. The van der Waals surface area contributed by atoms with Gasteiger partial charge in [0, 0.05) is 0 Å². The van der Waals surface area contributed by atoms with Crippen LogP contribution < -0.4 is 5.32 Å². The topological polar surface area (TPSA) is 75.6 Å². The molecule has 2 N–H and O–H groups in total. The first-order valence-electron chi connectivity index (χ1n) is 6.73. The first-order valence-corrected chi connectivity index (χ1v) is 8.09. The minimum atomic E-state index is -4.29. The van der Waals surface area contributed by atoms with Gasteiger partial charge in [0.15, 0.2) is 0 Å². The normalized spacial score (nSPS) is 12.7. The second-order valence-corrected chi connectivity index (χ2v) is 5.89. The molecule has 0 heterocycles. The average molecular weight is 307 g/mol. The molecular formula is C14H29NO4S. The molecule has 0 fully saturated rings. The highest BCUT2D eigenvalue weighted by Crippen LogP contribution is 2.09. The van der Waals surface area contributed by atoms with E-state index in [4.69, 9.17) is 4.55 Å². The molecule has 0 radical (unpaired) electrons. The van der Waals surface area contributed by atoms with Crippen LogP contribution in [0.5, 0.6) is 0 Å². The van der Waals surface area contributed by atoms with Gasteiger partial charge in [-0.2, -0.15) is 8.42 Å². The minimum Gasteiger partial charge on any atom is -0.323 e. The van der Waals surface area contributed by atoms with Crippen LogP contribution in [0.2, 0.25) is 0 Å². The fraction of sp³-hybridized carbons (Fsp3) is 0.714. The zero-order chi connectivity index (χ0) is 16.0. The molecule has 0 unspecified atom stereocenters. The Balaban J connectivity index is 0. The van der Waals surface area contributed by atoms with Crippen LogP contribution in [0.1, 0.15) is 40.0 Å². The summed E-state index contributed by atoms with van der Waals surface area (Å²) >= 11 is 0. The fourth-order valence-corrected chi connectivity index (χ4v) is 1.59. The quantitative estimate of drug-likeness (QED) is 0.409. The molecule has 0 aromatic carbocycles. The van der Waals surface area contributed by atoms with Gasteiger partial charge in [0.2, 0.25) is 0 Å². The molecule has 20 heavy (non-hydrogen) atoms. The summed E-state index contributed by atoms with van der Waals surface area (Å²) in [7, 11) is -0.540. The molecule has 0 amide bonds. The van der Waals surface area contributed by atoms with Crippen LogP contribution in [-0.2, 0) is 14.6 Å². The van der Waals surface area contributed by atoms with Crippen molar-refractivity contribution in [2.75, 3.05) is 20.7 Å². The summed E-state index contributed by atoms with van der Waals surface area (Å²) in [6.45, 7) is 6.25. The predicted molar refractivity (Wildman–Crippen MR) is 84.1 cm³/mol. The Labute approximate surface area is 124 Å². The first-order chi connectivity index (χ1) is 9.22. The predicted octanol–water partition coefficient (Wildman–Crippen LogP) is 2.97. The van der Waals surface area contributed by atoms with E-state index in [1.807, 2.05) is 26.2 Å². The second-order valence-electron chi connectivity index (χ2n) is 4.80. The number of hydrogen-bond acceptors (Lipinski definition) is 4. The van der Waals surface area contributed by atoms with E-state index in [2.05, 4.69) is 36.3 Å². The van der Waals surface area contributed by atoms with Crippen molar-refractivity contribution in [1.29, 1.82) is 0 Å². The number of rotatable bonds is 8. The molecule has 1 atom stereocenters. The standard InChI is InChI=1S/C12H22O4S.C2H7N/c1-11(2)7-6-9-12(3)8-4-5-10-16-17(13,14)15;1-3-2/h4,7-8,12H,5-6,9-10H2,1-3H3,(H,13,14,15);3H,1-2H3/b8-4+;/t12-;/m0./s1. The second kappa shape index (κ2) is 13.3. The van der Waals surface area contributed by atoms with E-state index in [0.29, 0.717) is 12.3 Å². The Kier molecular flexibility index (Phi) is 14.4. The van der Waals surface area contributed by atoms with E-state index >= 15 is 0 Å². The molecule has 0 aromatic rings. The summed E-state index contributed by atoms with van der Waals surface area (Å²) in [6, 6.07) is 0. The summed E-state index contributed by atoms with van der Waals surface area (Å²) < 4.78 is 33.0. The largest absolute Gasteiger partial charge is 0.397 e. The third kappa shape index (κ3) is 22.5. The Morgan fingerprint density at radius 1 is 1.30 bits per heavy atom. The van der Waals surface area contributed by atoms with Crippen molar-refractivity contribution < 1.29 is 17.2 Å². The van der Waals surface area contributed by atoms with Crippen LogP contribution in [0.15, 0.2) is 23.8 Å². The lowest BCUT2D eigenvalue weighted by Crippen LogP contribution is -2.04. The summed E-state index contributed by atoms with van der Waals surface area (Å²) in [4.78, 5) is 0. The molecule has 0 aliphatic carbocycles. The van der Waals surface area contributed by atoms with Gasteiger partial charge in [-0.05, 0) is 53.1 Å². The van der Waals surface area contributed by atoms with E-state index in [-0.39, 0.29) is 6.61 Å². The Morgan fingerprint density at radius 3 is 2.30 bits per heavy atom. The van der Waals surface area contributed by atoms with Crippen molar-refractivity contribution in [3.05, 3.63) is 23.8 Å². The maximum Gasteiger partial charge on any atom is 0.397 e. The van der Waals surface area contributed by atoms with Gasteiger partial charge in [-0.1, -0.05) is 30.7 Å². The lowest BCUT2D eigenvalue weighted by Gasteiger charge is -2.03. The van der Waals surface area contributed by atoms with Gasteiger partial charge < -0.3 is 5.32 Å². The lowest BCUT2D eigenvalue weighted by atomic mass is 10.0. The lowest BCUT2D eigenvalue weighted by molar-refractivity contribution is 0.273. The zero-order valence-corrected chi connectivity index (χ0v) is 14.0. The van der Waals surface area contributed by atoms with Crippen LogP contribution in [0.4, 0.5) is 0 Å². The number of nitrogens with one attached hydrogen (secondary N) is 1. The van der Waals surface area contributed by atoms with Crippen molar-refractivity contribution in [3.8, 4) is 0 Å². The van der Waals surface area contributed by atoms with Gasteiger partial charge in [-0.25, -0.2) is 4.18 Å². The monoisotopic (exact) mass is 307 g/mol. The maximum absolute atomic E-state index is 10.2. The van der Waals surface area contributed by atoms with E-state index in [9.17, 15) is 8.42 Å². The van der Waals surface area contributed by atoms with Gasteiger partial charge in [0.05, 0.1) is 6.61 Å². The fourth-order valence-electron chi connectivity index (χ4n) is 1.28. The summed E-state index contributed by atoms with van der Waals surface area (Å²) in [5.74, 6) is 0.455. The highest BCUT2D eigenvalue weighted by atomic mass is 32.3. The third-order valence-electron chi connectivity index (χ3n) is 2.16. The molecule has 0 spiro atoms. The zero-order valence-electron chi connectivity index (χ0n) is 13.2. The third-order valence-corrected chi connectivity index (χ3v) is 2.62. The molecule has 0 saturated heterocycles. The molecule has 0 aromatic heterocycles. The van der Waals surface area contributed by atoms with Crippen LogP contribution >= 0.6 is 0 Å². The molecule has 0 saturated carbocycles. The van der Waals surface area contributed by atoms with Gasteiger partial charge in [-0.15, -0.1) is 0 Å². The Hall–Kier alpha value is -0.690. The van der Waals surface area contributed by atoms with Crippen LogP contribution in [-0.4, -0.2) is 33.7 Å².